The Morgan fingerprint density at radius 2 is 1.92 bits per heavy atom. The molecule has 1 aromatic rings. The van der Waals surface area contributed by atoms with Gasteiger partial charge in [0.2, 0.25) is 0 Å². The first-order valence-corrected chi connectivity index (χ1v) is 13.4. The van der Waals surface area contributed by atoms with Crippen molar-refractivity contribution in [3.05, 3.63) is 39.5 Å². The summed E-state index contributed by atoms with van der Waals surface area (Å²) in [5.74, 6) is 1.24. The van der Waals surface area contributed by atoms with Gasteiger partial charge in [-0.2, -0.15) is 0 Å². The Morgan fingerprint density at radius 1 is 1.23 bits per heavy atom. The van der Waals surface area contributed by atoms with Gasteiger partial charge >= 0.3 is 5.97 Å². The molecule has 1 aromatic carbocycles. The van der Waals surface area contributed by atoms with Crippen LogP contribution in [0.5, 0.6) is 5.75 Å². The van der Waals surface area contributed by atoms with E-state index in [9.17, 15) is 4.79 Å². The van der Waals surface area contributed by atoms with Crippen LogP contribution in [0.2, 0.25) is 0 Å². The second-order valence-electron chi connectivity index (χ2n) is 5.97. The van der Waals surface area contributed by atoms with Crippen molar-refractivity contribution in [3.8, 4) is 5.75 Å². The molecule has 0 amide bonds. The molecule has 6 heteroatoms. The number of hydrogen-bond donors (Lipinski definition) is 0. The molecule has 26 heavy (non-hydrogen) atoms. The molecule has 0 aliphatic carbocycles. The molecule has 0 fully saturated rings. The highest BCUT2D eigenvalue weighted by atomic mass is 127. The van der Waals surface area contributed by atoms with E-state index in [0.29, 0.717) is 17.9 Å². The number of alkyl halides is 1. The number of methoxy groups -OCH3 is 1. The number of benzene rings is 1. The van der Waals surface area contributed by atoms with E-state index in [1.54, 1.807) is 8.93 Å². The maximum absolute atomic E-state index is 12.5. The lowest BCUT2D eigenvalue weighted by Gasteiger charge is -2.22. The molecule has 0 saturated heterocycles. The zero-order valence-corrected chi connectivity index (χ0v) is 20.8. The predicted octanol–water partition coefficient (Wildman–Crippen LogP) is 6.39. The quantitative estimate of drug-likeness (QED) is 0.110. The van der Waals surface area contributed by atoms with Gasteiger partial charge in [0.15, 0.2) is 0 Å². The SMILES string of the molecule is CC/C(=C\Cc1c(CC)c(C)c(C)c(C(=O)OC)c1OCCSI)CBr. The number of hydrogen-bond acceptors (Lipinski definition) is 4. The van der Waals surface area contributed by atoms with Gasteiger partial charge in [-0.15, -0.1) is 0 Å². The number of ether oxygens (including phenoxy) is 2. The average molecular weight is 555 g/mol. The van der Waals surface area contributed by atoms with Crippen molar-refractivity contribution in [2.75, 3.05) is 24.8 Å². The van der Waals surface area contributed by atoms with Gasteiger partial charge in [0.1, 0.15) is 11.3 Å². The van der Waals surface area contributed by atoms with Crippen LogP contribution in [0.3, 0.4) is 0 Å². The van der Waals surface area contributed by atoms with E-state index in [1.807, 2.05) is 6.92 Å². The van der Waals surface area contributed by atoms with E-state index in [1.165, 1.54) is 18.2 Å². The molecule has 0 unspecified atom stereocenters. The topological polar surface area (TPSA) is 35.5 Å². The van der Waals surface area contributed by atoms with Crippen molar-refractivity contribution in [1.82, 2.24) is 0 Å². The van der Waals surface area contributed by atoms with Crippen LogP contribution < -0.4 is 4.74 Å². The first-order chi connectivity index (χ1) is 12.5. The molecule has 0 bridgehead atoms. The summed E-state index contributed by atoms with van der Waals surface area (Å²) in [6.07, 6.45) is 4.92. The second-order valence-corrected chi connectivity index (χ2v) is 9.03. The van der Waals surface area contributed by atoms with Gasteiger partial charge in [0.05, 0.1) is 13.7 Å². The highest BCUT2D eigenvalue weighted by molar-refractivity contribution is 14.2. The summed E-state index contributed by atoms with van der Waals surface area (Å²) in [7, 11) is 3.13. The molecular formula is C20H28BrIO3S. The Bertz CT molecular complexity index is 653. The third kappa shape index (κ3) is 5.89. The smallest absolute Gasteiger partial charge is 0.341 e. The molecule has 0 aliphatic heterocycles. The highest BCUT2D eigenvalue weighted by Crippen LogP contribution is 2.36. The van der Waals surface area contributed by atoms with Gasteiger partial charge in [-0.05, 0) is 71.0 Å². The molecule has 0 radical (unpaired) electrons. The first kappa shape index (κ1) is 23.8. The van der Waals surface area contributed by atoms with Gasteiger partial charge in [-0.1, -0.05) is 50.4 Å². The van der Waals surface area contributed by atoms with Crippen molar-refractivity contribution in [2.24, 2.45) is 0 Å². The van der Waals surface area contributed by atoms with Crippen LogP contribution in [0, 0.1) is 13.8 Å². The monoisotopic (exact) mass is 554 g/mol. The van der Waals surface area contributed by atoms with E-state index >= 15 is 0 Å². The lowest BCUT2D eigenvalue weighted by Crippen LogP contribution is -2.15. The summed E-state index contributed by atoms with van der Waals surface area (Å²) in [5.41, 5.74) is 6.41. The molecule has 146 valence electrons. The lowest BCUT2D eigenvalue weighted by atomic mass is 9.88. The molecule has 0 heterocycles. The second kappa shape index (κ2) is 12.3. The standard InChI is InChI=1S/C20H28BrIO3S/c1-6-15(12-21)8-9-17-16(7-2)13(3)14(4)18(20(23)24-5)19(17)25-10-11-26-22/h8H,6-7,9-12H2,1-5H3/b15-8+. The van der Waals surface area contributed by atoms with Crippen LogP contribution in [-0.2, 0) is 17.6 Å². The molecule has 0 spiro atoms. The number of halogens is 2. The van der Waals surface area contributed by atoms with Gasteiger partial charge in [-0.3, -0.25) is 0 Å². The van der Waals surface area contributed by atoms with Crippen molar-refractivity contribution in [2.45, 2.75) is 47.0 Å². The molecule has 3 nitrogen and oxygen atoms in total. The summed E-state index contributed by atoms with van der Waals surface area (Å²) < 4.78 is 11.2. The van der Waals surface area contributed by atoms with E-state index in [0.717, 1.165) is 47.0 Å². The van der Waals surface area contributed by atoms with Crippen molar-refractivity contribution < 1.29 is 14.3 Å². The molecule has 0 saturated carbocycles. The lowest BCUT2D eigenvalue weighted by molar-refractivity contribution is 0.0595. The maximum Gasteiger partial charge on any atom is 0.341 e. The number of allylic oxidation sites excluding steroid dienone is 2. The van der Waals surface area contributed by atoms with Crippen molar-refractivity contribution >= 4 is 52.0 Å². The Kier molecular flexibility index (Phi) is 11.3. The van der Waals surface area contributed by atoms with Crippen molar-refractivity contribution in [3.63, 3.8) is 0 Å². The van der Waals surface area contributed by atoms with E-state index in [4.69, 9.17) is 9.47 Å². The fraction of sp³-hybridized carbons (Fsp3) is 0.550. The van der Waals surface area contributed by atoms with E-state index < -0.39 is 0 Å². The molecule has 0 N–H and O–H groups in total. The number of carbonyl (C=O) groups excluding carboxylic acids is 1. The molecule has 1 rings (SSSR count). The highest BCUT2D eigenvalue weighted by Gasteiger charge is 2.25. The average Bonchev–Trinajstić information content (AvgIpc) is 2.65. The predicted molar refractivity (Wildman–Crippen MR) is 124 cm³/mol. The molecule has 0 aliphatic rings. The van der Waals surface area contributed by atoms with Crippen LogP contribution in [-0.4, -0.2) is 30.8 Å². The van der Waals surface area contributed by atoms with Gasteiger partial charge in [0, 0.05) is 16.6 Å². The summed E-state index contributed by atoms with van der Waals surface area (Å²) >= 11 is 5.81. The minimum Gasteiger partial charge on any atom is -0.491 e. The Hall–Kier alpha value is -0.210. The number of carbonyl (C=O) groups is 1. The maximum atomic E-state index is 12.5. The zero-order chi connectivity index (χ0) is 19.7. The summed E-state index contributed by atoms with van der Waals surface area (Å²) in [6.45, 7) is 8.95. The van der Waals surface area contributed by atoms with Crippen LogP contribution in [0.15, 0.2) is 11.6 Å². The van der Waals surface area contributed by atoms with Crippen LogP contribution >= 0.6 is 46.1 Å². The minimum atomic E-state index is -0.327. The molecular weight excluding hydrogens is 527 g/mol. The fourth-order valence-electron chi connectivity index (χ4n) is 3.01. The van der Waals surface area contributed by atoms with Crippen molar-refractivity contribution in [1.29, 1.82) is 0 Å². The summed E-state index contributed by atoms with van der Waals surface area (Å²) in [6, 6.07) is 0. The van der Waals surface area contributed by atoms with Gasteiger partial charge in [0.25, 0.3) is 0 Å². The van der Waals surface area contributed by atoms with Crippen LogP contribution in [0.4, 0.5) is 0 Å². The van der Waals surface area contributed by atoms with Gasteiger partial charge < -0.3 is 9.47 Å². The minimum absolute atomic E-state index is 0.327. The Balaban J connectivity index is 3.60. The molecule has 0 atom stereocenters. The van der Waals surface area contributed by atoms with Crippen LogP contribution in [0.25, 0.3) is 0 Å². The fourth-order valence-corrected chi connectivity index (χ4v) is 4.33. The Labute approximate surface area is 182 Å². The van der Waals surface area contributed by atoms with Crippen LogP contribution in [0.1, 0.15) is 52.9 Å². The largest absolute Gasteiger partial charge is 0.491 e. The molecule has 0 aromatic heterocycles. The third-order valence-electron chi connectivity index (χ3n) is 4.63. The summed E-state index contributed by atoms with van der Waals surface area (Å²) in [5, 5.41) is 0.862. The third-order valence-corrected chi connectivity index (χ3v) is 6.99. The number of esters is 1. The first-order valence-electron chi connectivity index (χ1n) is 8.79. The zero-order valence-electron chi connectivity index (χ0n) is 16.2. The number of rotatable bonds is 10. The van der Waals surface area contributed by atoms with E-state index in [-0.39, 0.29) is 5.97 Å². The summed E-state index contributed by atoms with van der Waals surface area (Å²) in [4.78, 5) is 12.5. The van der Waals surface area contributed by atoms with E-state index in [2.05, 4.69) is 64.0 Å². The van der Waals surface area contributed by atoms with Gasteiger partial charge in [-0.25, -0.2) is 4.79 Å². The normalized spacial score (nSPS) is 11.6. The Morgan fingerprint density at radius 3 is 2.42 bits per heavy atom.